The Morgan fingerprint density at radius 1 is 0.512 bits per heavy atom. The topological polar surface area (TPSA) is 22.2 Å². The third kappa shape index (κ3) is 3.55. The molecule has 8 rings (SSSR count). The Balaban J connectivity index is 1.49. The van der Waals surface area contributed by atoms with Crippen molar-refractivity contribution in [2.45, 2.75) is 0 Å². The molecule has 2 heterocycles. The van der Waals surface area contributed by atoms with Crippen molar-refractivity contribution in [3.63, 3.8) is 0 Å². The van der Waals surface area contributed by atoms with E-state index in [1.165, 1.54) is 32.7 Å². The summed E-state index contributed by atoms with van der Waals surface area (Å²) >= 11 is 0. The number of benzene rings is 6. The molecule has 0 atom stereocenters. The van der Waals surface area contributed by atoms with Gasteiger partial charge in [0.2, 0.25) is 0 Å². The van der Waals surface area contributed by atoms with E-state index in [1.54, 1.807) is 0 Å². The van der Waals surface area contributed by atoms with Crippen LogP contribution in [0.4, 0.5) is 5.69 Å². The fourth-order valence-electron chi connectivity index (χ4n) is 6.35. The fourth-order valence-corrected chi connectivity index (χ4v) is 6.35. The van der Waals surface area contributed by atoms with E-state index in [2.05, 4.69) is 118 Å². The second-order valence-electron chi connectivity index (χ2n) is 10.3. The van der Waals surface area contributed by atoms with Crippen LogP contribution in [0, 0.1) is 6.57 Å². The number of hydrogen-bond donors (Lipinski definition) is 0. The van der Waals surface area contributed by atoms with Crippen LogP contribution in [0.15, 0.2) is 140 Å². The summed E-state index contributed by atoms with van der Waals surface area (Å²) in [6.45, 7) is 7.66. The third-order valence-electron chi connectivity index (χ3n) is 8.06. The minimum atomic E-state index is 0.645. The van der Waals surface area contributed by atoms with Gasteiger partial charge < -0.3 is 4.57 Å². The van der Waals surface area contributed by atoms with Crippen molar-refractivity contribution in [2.75, 3.05) is 0 Å². The van der Waals surface area contributed by atoms with E-state index < -0.39 is 0 Å². The lowest BCUT2D eigenvalue weighted by Crippen LogP contribution is -1.93. The smallest absolute Gasteiger partial charge is 0.188 e. The van der Waals surface area contributed by atoms with Gasteiger partial charge in [-0.15, -0.1) is 0 Å². The molecule has 190 valence electrons. The molecule has 0 aliphatic carbocycles. The fraction of sp³-hybridized carbons (Fsp3) is 0. The Hall–Kier alpha value is -5.72. The first-order chi connectivity index (χ1) is 20.3. The minimum Gasteiger partial charge on any atom is -0.309 e. The van der Waals surface area contributed by atoms with Crippen LogP contribution in [0.1, 0.15) is 0 Å². The van der Waals surface area contributed by atoms with Gasteiger partial charge in [0.25, 0.3) is 0 Å². The Morgan fingerprint density at radius 2 is 1.10 bits per heavy atom. The van der Waals surface area contributed by atoms with Gasteiger partial charge in [-0.1, -0.05) is 84.9 Å². The van der Waals surface area contributed by atoms with Gasteiger partial charge in [-0.3, -0.25) is 4.98 Å². The minimum absolute atomic E-state index is 0.645. The van der Waals surface area contributed by atoms with Gasteiger partial charge in [0.15, 0.2) is 5.69 Å². The maximum absolute atomic E-state index is 7.66. The monoisotopic (exact) mass is 521 g/mol. The van der Waals surface area contributed by atoms with Gasteiger partial charge in [-0.05, 0) is 86.1 Å². The lowest BCUT2D eigenvalue weighted by atomic mass is 9.86. The lowest BCUT2D eigenvalue weighted by molar-refractivity contribution is 1.18. The van der Waals surface area contributed by atoms with Crippen molar-refractivity contribution in [2.24, 2.45) is 0 Å². The van der Waals surface area contributed by atoms with Gasteiger partial charge in [-0.2, -0.15) is 0 Å². The van der Waals surface area contributed by atoms with Gasteiger partial charge in [-0.25, -0.2) is 4.85 Å². The normalized spacial score (nSPS) is 11.4. The number of aromatic nitrogens is 2. The quantitative estimate of drug-likeness (QED) is 0.167. The maximum Gasteiger partial charge on any atom is 0.188 e. The number of para-hydroxylation sites is 1. The van der Waals surface area contributed by atoms with Gasteiger partial charge in [0, 0.05) is 29.0 Å². The average Bonchev–Trinajstić information content (AvgIpc) is 3.37. The van der Waals surface area contributed by atoms with Crippen molar-refractivity contribution in [3.05, 3.63) is 151 Å². The van der Waals surface area contributed by atoms with Crippen molar-refractivity contribution in [1.29, 1.82) is 0 Å². The second kappa shape index (κ2) is 9.19. The molecular weight excluding hydrogens is 498 g/mol. The highest BCUT2D eigenvalue weighted by Gasteiger charge is 2.19. The van der Waals surface area contributed by atoms with Crippen LogP contribution in [-0.2, 0) is 0 Å². The number of rotatable bonds is 3. The molecule has 0 bridgehead atoms. The molecule has 0 fully saturated rings. The first kappa shape index (κ1) is 23.2. The van der Waals surface area contributed by atoms with Gasteiger partial charge in [0.1, 0.15) is 0 Å². The first-order valence-corrected chi connectivity index (χ1v) is 13.7. The zero-order valence-corrected chi connectivity index (χ0v) is 22.1. The third-order valence-corrected chi connectivity index (χ3v) is 8.06. The molecule has 0 unspecified atom stereocenters. The van der Waals surface area contributed by atoms with Crippen LogP contribution in [0.5, 0.6) is 0 Å². The number of nitrogens with zero attached hydrogens (tertiary/aromatic N) is 3. The van der Waals surface area contributed by atoms with E-state index in [0.717, 1.165) is 38.6 Å². The van der Waals surface area contributed by atoms with E-state index in [0.29, 0.717) is 5.69 Å². The molecule has 41 heavy (non-hydrogen) atoms. The molecule has 0 aliphatic heterocycles. The summed E-state index contributed by atoms with van der Waals surface area (Å²) in [4.78, 5) is 8.18. The highest BCUT2D eigenvalue weighted by molar-refractivity contribution is 6.22. The van der Waals surface area contributed by atoms with Crippen LogP contribution in [0.25, 0.3) is 76.1 Å². The summed E-state index contributed by atoms with van der Waals surface area (Å²) in [6, 6.07) is 44.7. The highest BCUT2D eigenvalue weighted by Crippen LogP contribution is 2.45. The average molecular weight is 522 g/mol. The molecule has 0 saturated heterocycles. The molecule has 0 aliphatic rings. The molecule has 3 nitrogen and oxygen atoms in total. The van der Waals surface area contributed by atoms with Crippen molar-refractivity contribution >= 4 is 49.0 Å². The second-order valence-corrected chi connectivity index (χ2v) is 10.3. The van der Waals surface area contributed by atoms with E-state index in [1.807, 2.05) is 36.7 Å². The number of pyridine rings is 1. The molecule has 6 aromatic carbocycles. The van der Waals surface area contributed by atoms with Crippen LogP contribution in [0.2, 0.25) is 0 Å². The predicted octanol–water partition coefficient (Wildman–Crippen LogP) is 10.4. The zero-order chi connectivity index (χ0) is 27.3. The number of fused-ring (bicyclic) bond motifs is 5. The van der Waals surface area contributed by atoms with Crippen LogP contribution >= 0.6 is 0 Å². The van der Waals surface area contributed by atoms with Crippen LogP contribution in [0.3, 0.4) is 0 Å². The Labute approximate surface area is 237 Å². The molecule has 0 spiro atoms. The van der Waals surface area contributed by atoms with Crippen molar-refractivity contribution in [3.8, 4) is 27.9 Å². The van der Waals surface area contributed by atoms with Crippen LogP contribution in [-0.4, -0.2) is 9.55 Å². The molecule has 0 amide bonds. The summed E-state index contributed by atoms with van der Waals surface area (Å²) in [7, 11) is 0. The lowest BCUT2D eigenvalue weighted by Gasteiger charge is -2.17. The summed E-state index contributed by atoms with van der Waals surface area (Å²) in [5.41, 5.74) is 8.65. The van der Waals surface area contributed by atoms with E-state index in [-0.39, 0.29) is 0 Å². The SMILES string of the molecule is [C-]#[N+]c1ccc2c(c1)c1cc(-c3c4ccccc4c(-c4cccnc4)c4ccccc34)ccc1n2-c1ccccc1. The summed E-state index contributed by atoms with van der Waals surface area (Å²) in [5.74, 6) is 0. The van der Waals surface area contributed by atoms with Gasteiger partial charge in [0.05, 0.1) is 17.6 Å². The first-order valence-electron chi connectivity index (χ1n) is 13.7. The summed E-state index contributed by atoms with van der Waals surface area (Å²) in [5, 5.41) is 7.04. The Morgan fingerprint density at radius 3 is 1.71 bits per heavy atom. The zero-order valence-electron chi connectivity index (χ0n) is 22.1. The van der Waals surface area contributed by atoms with Crippen molar-refractivity contribution in [1.82, 2.24) is 9.55 Å². The Bertz CT molecular complexity index is 2250. The van der Waals surface area contributed by atoms with E-state index in [9.17, 15) is 0 Å². The van der Waals surface area contributed by atoms with Crippen LogP contribution < -0.4 is 0 Å². The van der Waals surface area contributed by atoms with E-state index >= 15 is 0 Å². The van der Waals surface area contributed by atoms with Crippen molar-refractivity contribution < 1.29 is 0 Å². The predicted molar refractivity (Wildman–Crippen MR) is 171 cm³/mol. The molecule has 8 aromatic rings. The molecule has 0 saturated carbocycles. The molecule has 2 aromatic heterocycles. The maximum atomic E-state index is 7.66. The Kier molecular flexibility index (Phi) is 5.20. The molecule has 0 radical (unpaired) electrons. The highest BCUT2D eigenvalue weighted by atomic mass is 15.0. The molecule has 0 N–H and O–H groups in total. The summed E-state index contributed by atoms with van der Waals surface area (Å²) in [6.07, 6.45) is 3.77. The standard InChI is InChI=1S/C38H23N3/c1-39-27-18-20-36-34(23-27)33-22-25(17-19-35(33)41(36)28-11-3-2-4-12-28)37-29-13-5-7-15-31(29)38(26-10-9-21-40-24-26)32-16-8-6-14-30(32)37/h2-24H. The molecular formula is C38H23N3. The van der Waals surface area contributed by atoms with Gasteiger partial charge >= 0.3 is 0 Å². The summed E-state index contributed by atoms with van der Waals surface area (Å²) < 4.78 is 2.30. The van der Waals surface area contributed by atoms with E-state index in [4.69, 9.17) is 6.57 Å². The molecule has 3 heteroatoms. The largest absolute Gasteiger partial charge is 0.309 e. The number of hydrogen-bond acceptors (Lipinski definition) is 1.